The number of Topliss-reactive ketones (excluding diaryl/α,β-unsaturated/α-hetero) is 1. The molecule has 0 aromatic heterocycles. The highest BCUT2D eigenvalue weighted by Crippen LogP contribution is 2.63. The summed E-state index contributed by atoms with van der Waals surface area (Å²) >= 11 is 0. The highest BCUT2D eigenvalue weighted by atomic mass is 32.2. The van der Waals surface area contributed by atoms with E-state index in [0.717, 1.165) is 25.7 Å². The molecule has 15 rings (SSSR count). The minimum atomic E-state index is -3.45. The number of benzene rings is 6. The van der Waals surface area contributed by atoms with Crippen LogP contribution < -0.4 is 0 Å². The van der Waals surface area contributed by atoms with Crippen molar-refractivity contribution in [2.75, 3.05) is 26.4 Å². The molecule has 4 unspecified atom stereocenters. The Morgan fingerprint density at radius 3 is 1.00 bits per heavy atom. The van der Waals surface area contributed by atoms with Crippen molar-refractivity contribution in [3.05, 3.63) is 182 Å². The summed E-state index contributed by atoms with van der Waals surface area (Å²) in [4.78, 5) is 43.1. The van der Waals surface area contributed by atoms with Crippen LogP contribution in [0.5, 0.6) is 0 Å². The van der Waals surface area contributed by atoms with Crippen molar-refractivity contribution in [2.45, 2.75) is 151 Å². The van der Waals surface area contributed by atoms with Gasteiger partial charge in [0.05, 0.1) is 48.2 Å². The summed E-state index contributed by atoms with van der Waals surface area (Å²) < 4.78 is 74.5. The molecule has 2 N–H and O–H groups in total. The molecule has 444 valence electrons. The first-order chi connectivity index (χ1) is 38.9. The molecule has 6 aromatic rings. The zero-order chi connectivity index (χ0) is 57.3. The maximum Gasteiger partial charge on any atom is 0.377 e. The van der Waals surface area contributed by atoms with E-state index in [4.69, 9.17) is 29.2 Å². The third-order valence-electron chi connectivity index (χ3n) is 16.3. The quantitative estimate of drug-likeness (QED) is 0.0740. The zero-order valence-corrected chi connectivity index (χ0v) is 47.4. The van der Waals surface area contributed by atoms with Gasteiger partial charge in [-0.1, -0.05) is 124 Å². The lowest BCUT2D eigenvalue weighted by Gasteiger charge is -2.62. The van der Waals surface area contributed by atoms with Crippen LogP contribution in [0, 0.1) is 35.5 Å². The van der Waals surface area contributed by atoms with Gasteiger partial charge in [0.1, 0.15) is 17.0 Å². The highest BCUT2D eigenvalue weighted by molar-refractivity contribution is 7.97. The van der Waals surface area contributed by atoms with Crippen molar-refractivity contribution >= 4 is 39.5 Å². The maximum absolute atomic E-state index is 13.2. The van der Waals surface area contributed by atoms with E-state index in [2.05, 4.69) is 182 Å². The summed E-state index contributed by atoms with van der Waals surface area (Å²) in [5, 5.41) is 15.2. The van der Waals surface area contributed by atoms with Gasteiger partial charge in [-0.3, -0.25) is 4.79 Å². The number of hydrogen-bond donors (Lipinski definition) is 2. The number of halogens is 4. The number of esters is 2. The molecule has 8 bridgehead atoms. The lowest BCUT2D eigenvalue weighted by molar-refractivity contribution is -0.316. The van der Waals surface area contributed by atoms with Gasteiger partial charge < -0.3 is 29.2 Å². The van der Waals surface area contributed by atoms with Crippen LogP contribution in [0.15, 0.2) is 211 Å². The number of carbonyl (C=O) groups is 3. The van der Waals surface area contributed by atoms with Gasteiger partial charge >= 0.3 is 23.8 Å². The number of aliphatic hydroxyl groups excluding tert-OH is 2. The topological polar surface area (TPSA) is 129 Å². The molecule has 1 saturated heterocycles. The average Bonchev–Trinajstić information content (AvgIpc) is 1.97. The molecule has 9 aliphatic rings. The van der Waals surface area contributed by atoms with Gasteiger partial charge in [-0.05, 0) is 149 Å². The standard InChI is InChI=1S/2C18H15S.C15H20F2O4.C13H16F2O3.C2H6O2.2CH4/c2*1-4-10-16(11-5-1)19(17-12-6-2-7-13-17)18-14-8-3-9-15-18;1-13(16,17)12(18)21-14-6-9-4-10(7-14)15(11(5-9)8-14)19-2-3-20-15;1-12(14,15)11(17)18-13-4-7-2-8(5-13)10(16)9(3-7)6-13;3-1-2-4;;/h2*1-15H;9-11H,2-8H2,1H3;7-9H,2-6H2,1H3;3-4H,1-2H2;2*1H4/q2*+1;;;;;. The largest absolute Gasteiger partial charge is 0.455 e. The molecule has 0 amide bonds. The number of aliphatic hydroxyl groups is 2. The highest BCUT2D eigenvalue weighted by Gasteiger charge is 2.67. The Bertz CT molecular complexity index is 2620. The van der Waals surface area contributed by atoms with E-state index >= 15 is 0 Å². The minimum absolute atomic E-state index is 0. The number of ether oxygens (including phenoxy) is 4. The van der Waals surface area contributed by atoms with Crippen molar-refractivity contribution in [3.63, 3.8) is 0 Å². The van der Waals surface area contributed by atoms with Crippen LogP contribution in [-0.2, 0) is 55.1 Å². The molecular formula is C68H80F4O9S2+2. The Morgan fingerprint density at radius 2 is 0.735 bits per heavy atom. The van der Waals surface area contributed by atoms with E-state index in [1.165, 1.54) is 29.4 Å². The summed E-state index contributed by atoms with van der Waals surface area (Å²) in [5.41, 5.74) is -1.52. The first kappa shape index (κ1) is 64.7. The summed E-state index contributed by atoms with van der Waals surface area (Å²) in [7, 11) is -0.0293. The van der Waals surface area contributed by atoms with Crippen molar-refractivity contribution in [3.8, 4) is 0 Å². The summed E-state index contributed by atoms with van der Waals surface area (Å²) in [6, 6.07) is 64.3. The summed E-state index contributed by atoms with van der Waals surface area (Å²) in [6.45, 7) is 2.09. The van der Waals surface area contributed by atoms with Crippen LogP contribution in [0.1, 0.15) is 92.9 Å². The van der Waals surface area contributed by atoms with Gasteiger partial charge in [0.25, 0.3) is 0 Å². The third kappa shape index (κ3) is 15.6. The molecule has 15 heteroatoms. The molecule has 8 aliphatic carbocycles. The van der Waals surface area contributed by atoms with Gasteiger partial charge in [0.2, 0.25) is 0 Å². The normalized spacial score (nSPS) is 25.3. The van der Waals surface area contributed by atoms with Crippen molar-refractivity contribution in [1.82, 2.24) is 0 Å². The second-order valence-corrected chi connectivity index (χ2v) is 26.4. The molecule has 9 fully saturated rings. The fraction of sp³-hybridized carbons (Fsp3) is 0.426. The lowest BCUT2D eigenvalue weighted by Crippen LogP contribution is -2.65. The van der Waals surface area contributed by atoms with Gasteiger partial charge in [0, 0.05) is 37.5 Å². The summed E-state index contributed by atoms with van der Waals surface area (Å²) in [5.74, 6) is -9.06. The molecular weight excluding hydrogens is 1100 g/mol. The molecule has 0 radical (unpaired) electrons. The van der Waals surface area contributed by atoms with Gasteiger partial charge in [-0.15, -0.1) is 0 Å². The molecule has 8 saturated carbocycles. The Kier molecular flexibility index (Phi) is 22.1. The van der Waals surface area contributed by atoms with E-state index in [9.17, 15) is 31.9 Å². The number of carbonyl (C=O) groups excluding carboxylic acids is 3. The zero-order valence-electron chi connectivity index (χ0n) is 45.8. The molecule has 1 aliphatic heterocycles. The molecule has 9 nitrogen and oxygen atoms in total. The molecule has 4 atom stereocenters. The third-order valence-corrected chi connectivity index (χ3v) is 20.7. The molecule has 6 aromatic carbocycles. The van der Waals surface area contributed by atoms with Gasteiger partial charge in [0.15, 0.2) is 35.2 Å². The number of rotatable bonds is 11. The maximum atomic E-state index is 13.2. The first-order valence-electron chi connectivity index (χ1n) is 28.0. The Balaban J connectivity index is 0.000000155. The van der Waals surface area contributed by atoms with E-state index in [1.807, 2.05) is 0 Å². The van der Waals surface area contributed by atoms with E-state index < -0.39 is 40.8 Å². The van der Waals surface area contributed by atoms with Crippen molar-refractivity contribution in [1.29, 1.82) is 0 Å². The van der Waals surface area contributed by atoms with Crippen LogP contribution in [0.2, 0.25) is 0 Å². The lowest BCUT2D eigenvalue weighted by atomic mass is 9.51. The predicted octanol–water partition coefficient (Wildman–Crippen LogP) is 14.6. The van der Waals surface area contributed by atoms with Crippen LogP contribution in [0.25, 0.3) is 0 Å². The van der Waals surface area contributed by atoms with Crippen molar-refractivity contribution in [2.24, 2.45) is 35.5 Å². The SMILES string of the molecule is C.C.CC(F)(F)C(=O)OC12CC3CC(C1)C(=O)C(C3)C2.CC(F)(F)C(=O)OC12CC3CC(C1)C1(OCCO1)C(C3)C2.OCCO.c1ccc([S+](c2ccccc2)c2ccccc2)cc1.c1ccc([S+](c2ccccc2)c2ccccc2)cc1. The van der Waals surface area contributed by atoms with Gasteiger partial charge in [-0.2, -0.15) is 17.6 Å². The molecule has 1 spiro atoms. The van der Waals surface area contributed by atoms with Crippen LogP contribution in [-0.4, -0.2) is 83.2 Å². The fourth-order valence-electron chi connectivity index (χ4n) is 13.4. The Morgan fingerprint density at radius 1 is 0.470 bits per heavy atom. The smallest absolute Gasteiger partial charge is 0.377 e. The minimum Gasteiger partial charge on any atom is -0.455 e. The van der Waals surface area contributed by atoms with E-state index in [-0.39, 0.29) is 79.3 Å². The number of hydrogen-bond acceptors (Lipinski definition) is 9. The Hall–Kier alpha value is -5.81. The Labute approximate surface area is 493 Å². The number of ketones is 1. The first-order valence-corrected chi connectivity index (χ1v) is 30.4. The van der Waals surface area contributed by atoms with Crippen molar-refractivity contribution < 1.29 is 61.1 Å². The van der Waals surface area contributed by atoms with E-state index in [1.54, 1.807) is 0 Å². The monoisotopic (exact) mass is 1180 g/mol. The fourth-order valence-corrected chi connectivity index (χ4v) is 17.6. The number of alkyl halides is 4. The average molecular weight is 1180 g/mol. The summed E-state index contributed by atoms with van der Waals surface area (Å²) in [6.07, 6.45) is 7.07. The second-order valence-electron chi connectivity index (χ2n) is 22.4. The van der Waals surface area contributed by atoms with Crippen LogP contribution in [0.4, 0.5) is 17.6 Å². The van der Waals surface area contributed by atoms with Crippen LogP contribution >= 0.6 is 0 Å². The van der Waals surface area contributed by atoms with Crippen LogP contribution in [0.3, 0.4) is 0 Å². The predicted molar refractivity (Wildman–Crippen MR) is 316 cm³/mol. The second kappa shape index (κ2) is 28.4. The van der Waals surface area contributed by atoms with Gasteiger partial charge in [-0.25, -0.2) is 9.59 Å². The molecule has 1 heterocycles. The van der Waals surface area contributed by atoms with E-state index in [0.29, 0.717) is 77.4 Å². The molecule has 83 heavy (non-hydrogen) atoms.